The monoisotopic (exact) mass is 497 g/mol. The number of aliphatic carboxylic acids is 1. The number of carboxylic acid groups (broad SMARTS) is 1. The fourth-order valence-electron chi connectivity index (χ4n) is 3.42. The van der Waals surface area contributed by atoms with Crippen LogP contribution in [-0.4, -0.2) is 21.0 Å². The van der Waals surface area contributed by atoms with E-state index in [4.69, 9.17) is 4.42 Å². The van der Waals surface area contributed by atoms with E-state index in [1.807, 2.05) is 30.3 Å². The molecule has 6 nitrogen and oxygen atoms in total. The minimum Gasteiger partial charge on any atom is -0.477 e. The van der Waals surface area contributed by atoms with Crippen LogP contribution in [0.4, 0.5) is 23.4 Å². The Morgan fingerprint density at radius 2 is 1.83 bits per heavy atom. The molecule has 184 valence electrons. The van der Waals surface area contributed by atoms with Crippen molar-refractivity contribution in [1.29, 1.82) is 0 Å². The minimum absolute atomic E-state index is 0.0481. The van der Waals surface area contributed by atoms with E-state index in [1.165, 1.54) is 6.20 Å². The molecule has 0 saturated heterocycles. The Bertz CT molecular complexity index is 1430. The van der Waals surface area contributed by atoms with Crippen LogP contribution in [0.2, 0.25) is 0 Å². The average Bonchev–Trinajstić information content (AvgIpc) is 3.31. The van der Waals surface area contributed by atoms with Gasteiger partial charge in [-0.1, -0.05) is 42.5 Å². The predicted octanol–water partition coefficient (Wildman–Crippen LogP) is 6.33. The molecule has 2 N–H and O–H groups in total. The number of anilines is 1. The van der Waals surface area contributed by atoms with Crippen LogP contribution < -0.4 is 5.32 Å². The maximum absolute atomic E-state index is 14.7. The first kappa shape index (κ1) is 24.6. The number of furan rings is 1. The van der Waals surface area contributed by atoms with Gasteiger partial charge in [0.15, 0.2) is 5.82 Å². The highest BCUT2D eigenvalue weighted by atomic mass is 19.4. The van der Waals surface area contributed by atoms with Crippen LogP contribution >= 0.6 is 0 Å². The Balaban J connectivity index is 1.74. The van der Waals surface area contributed by atoms with Gasteiger partial charge in [-0.3, -0.25) is 0 Å². The second-order valence-electron chi connectivity index (χ2n) is 7.84. The molecule has 0 saturated carbocycles. The highest BCUT2D eigenvalue weighted by Gasteiger charge is 2.34. The fourth-order valence-corrected chi connectivity index (χ4v) is 3.42. The van der Waals surface area contributed by atoms with Gasteiger partial charge in [-0.2, -0.15) is 13.2 Å². The number of aryl methyl sites for hydroxylation is 1. The standard InChI is InChI=1S/C26H19F4N3O3/c1-15-6-5-9-18(23(15)27)21-14-31-24(19(32-21)12-16-7-3-2-4-8-16)33-20(25(34)35)13-17-10-11-22(36-17)26(28,29)30/h2-11,13-14H,12H2,1H3,(H,31,33)(H,34,35)/b20-13-. The number of halogens is 4. The lowest BCUT2D eigenvalue weighted by molar-refractivity contribution is -0.153. The van der Waals surface area contributed by atoms with Gasteiger partial charge in [0.2, 0.25) is 5.76 Å². The zero-order valence-electron chi connectivity index (χ0n) is 18.8. The summed E-state index contributed by atoms with van der Waals surface area (Å²) in [6.45, 7) is 1.62. The van der Waals surface area contributed by atoms with Crippen LogP contribution in [0.3, 0.4) is 0 Å². The SMILES string of the molecule is Cc1cccc(-c2cnc(N/C(=C\c3ccc(C(F)(F)F)o3)C(=O)O)c(Cc3ccccc3)n2)c1F. The molecule has 36 heavy (non-hydrogen) atoms. The van der Waals surface area contributed by atoms with Gasteiger partial charge in [0.1, 0.15) is 17.3 Å². The topological polar surface area (TPSA) is 88.2 Å². The number of carbonyl (C=O) groups is 1. The zero-order chi connectivity index (χ0) is 25.9. The van der Waals surface area contributed by atoms with Crippen molar-refractivity contribution in [3.63, 3.8) is 0 Å². The van der Waals surface area contributed by atoms with Gasteiger partial charge in [0, 0.05) is 18.1 Å². The molecule has 0 amide bonds. The maximum Gasteiger partial charge on any atom is 0.449 e. The van der Waals surface area contributed by atoms with Crippen molar-refractivity contribution in [1.82, 2.24) is 9.97 Å². The number of hydrogen-bond donors (Lipinski definition) is 2. The van der Waals surface area contributed by atoms with Gasteiger partial charge >= 0.3 is 12.1 Å². The number of hydrogen-bond acceptors (Lipinski definition) is 5. The molecule has 4 rings (SSSR count). The third-order valence-electron chi connectivity index (χ3n) is 5.20. The molecule has 0 unspecified atom stereocenters. The summed E-state index contributed by atoms with van der Waals surface area (Å²) in [7, 11) is 0. The summed E-state index contributed by atoms with van der Waals surface area (Å²) in [5.74, 6) is -3.44. The largest absolute Gasteiger partial charge is 0.477 e. The Labute approximate surface area is 203 Å². The summed E-state index contributed by atoms with van der Waals surface area (Å²) < 4.78 is 58.0. The van der Waals surface area contributed by atoms with E-state index in [0.29, 0.717) is 17.3 Å². The molecule has 10 heteroatoms. The van der Waals surface area contributed by atoms with E-state index in [0.717, 1.165) is 17.7 Å². The van der Waals surface area contributed by atoms with E-state index in [1.54, 1.807) is 25.1 Å². The van der Waals surface area contributed by atoms with Crippen molar-refractivity contribution in [3.8, 4) is 11.3 Å². The smallest absolute Gasteiger partial charge is 0.449 e. The van der Waals surface area contributed by atoms with Gasteiger partial charge < -0.3 is 14.8 Å². The van der Waals surface area contributed by atoms with E-state index >= 15 is 0 Å². The molecule has 0 aliphatic heterocycles. The quantitative estimate of drug-likeness (QED) is 0.229. The van der Waals surface area contributed by atoms with Crippen molar-refractivity contribution in [2.45, 2.75) is 19.5 Å². The predicted molar refractivity (Wildman–Crippen MR) is 124 cm³/mol. The summed E-state index contributed by atoms with van der Waals surface area (Å²) in [6.07, 6.45) is -2.27. The van der Waals surface area contributed by atoms with Crippen molar-refractivity contribution in [2.75, 3.05) is 5.32 Å². The normalized spacial score (nSPS) is 12.0. The van der Waals surface area contributed by atoms with Gasteiger partial charge in [-0.15, -0.1) is 0 Å². The third-order valence-corrected chi connectivity index (χ3v) is 5.20. The summed E-state index contributed by atoms with van der Waals surface area (Å²) in [5.41, 5.74) is 1.55. The second-order valence-corrected chi connectivity index (χ2v) is 7.84. The lowest BCUT2D eigenvalue weighted by Crippen LogP contribution is -2.14. The molecule has 2 aromatic heterocycles. The number of nitrogens with zero attached hydrogens (tertiary/aromatic N) is 2. The van der Waals surface area contributed by atoms with Gasteiger partial charge in [0.05, 0.1) is 17.6 Å². The average molecular weight is 497 g/mol. The number of alkyl halides is 3. The molecule has 0 radical (unpaired) electrons. The second kappa shape index (κ2) is 10.0. The van der Waals surface area contributed by atoms with Crippen LogP contribution in [0.1, 0.15) is 28.3 Å². The van der Waals surface area contributed by atoms with E-state index in [-0.39, 0.29) is 29.3 Å². The first-order valence-electron chi connectivity index (χ1n) is 10.7. The number of aromatic nitrogens is 2. The molecule has 2 heterocycles. The number of nitrogens with one attached hydrogen (secondary N) is 1. The van der Waals surface area contributed by atoms with Gasteiger partial charge in [0.25, 0.3) is 0 Å². The lowest BCUT2D eigenvalue weighted by atomic mass is 10.1. The van der Waals surface area contributed by atoms with E-state index < -0.39 is 29.4 Å². The number of rotatable bonds is 7. The van der Waals surface area contributed by atoms with Crippen LogP contribution in [0.5, 0.6) is 0 Å². The summed E-state index contributed by atoms with van der Waals surface area (Å²) >= 11 is 0. The van der Waals surface area contributed by atoms with Crippen molar-refractivity contribution >= 4 is 17.9 Å². The summed E-state index contributed by atoms with van der Waals surface area (Å²) in [6, 6.07) is 15.7. The highest BCUT2D eigenvalue weighted by molar-refractivity contribution is 5.95. The van der Waals surface area contributed by atoms with E-state index in [2.05, 4.69) is 15.3 Å². The van der Waals surface area contributed by atoms with Crippen molar-refractivity contribution in [2.24, 2.45) is 0 Å². The first-order chi connectivity index (χ1) is 17.1. The van der Waals surface area contributed by atoms with Crippen molar-refractivity contribution < 1.29 is 31.9 Å². The molecule has 2 aromatic carbocycles. The molecule has 0 atom stereocenters. The number of carboxylic acids is 1. The lowest BCUT2D eigenvalue weighted by Gasteiger charge is -2.13. The molecule has 0 aliphatic rings. The molecule has 0 bridgehead atoms. The molecule has 0 aliphatic carbocycles. The van der Waals surface area contributed by atoms with Gasteiger partial charge in [-0.05, 0) is 36.2 Å². The maximum atomic E-state index is 14.7. The fraction of sp³-hybridized carbons (Fsp3) is 0.115. The molecule has 4 aromatic rings. The molecule has 0 spiro atoms. The molecule has 0 fully saturated rings. The summed E-state index contributed by atoms with van der Waals surface area (Å²) in [5, 5.41) is 12.3. The Morgan fingerprint density at radius 3 is 2.50 bits per heavy atom. The van der Waals surface area contributed by atoms with Gasteiger partial charge in [-0.25, -0.2) is 19.2 Å². The zero-order valence-corrected chi connectivity index (χ0v) is 18.8. The minimum atomic E-state index is -4.71. The van der Waals surface area contributed by atoms with Crippen LogP contribution in [0, 0.1) is 12.7 Å². The highest BCUT2D eigenvalue weighted by Crippen LogP contribution is 2.31. The van der Waals surface area contributed by atoms with Crippen LogP contribution in [-0.2, 0) is 17.4 Å². The summed E-state index contributed by atoms with van der Waals surface area (Å²) in [4.78, 5) is 20.7. The van der Waals surface area contributed by atoms with Crippen LogP contribution in [0.25, 0.3) is 17.3 Å². The first-order valence-corrected chi connectivity index (χ1v) is 10.7. The Hall–Kier alpha value is -4.47. The van der Waals surface area contributed by atoms with Crippen LogP contribution in [0.15, 0.2) is 77.0 Å². The Kier molecular flexibility index (Phi) is 6.86. The Morgan fingerprint density at radius 1 is 1.08 bits per heavy atom. The van der Waals surface area contributed by atoms with E-state index in [9.17, 15) is 27.5 Å². The van der Waals surface area contributed by atoms with Crippen molar-refractivity contribution in [3.05, 3.63) is 107 Å². The number of benzene rings is 2. The molecular formula is C26H19F4N3O3. The third kappa shape index (κ3) is 5.60. The molecular weight excluding hydrogens is 478 g/mol.